The summed E-state index contributed by atoms with van der Waals surface area (Å²) < 4.78 is 12.4. The van der Waals surface area contributed by atoms with E-state index >= 15 is 0 Å². The number of likely N-dealkylation sites (tertiary alicyclic amines) is 1. The molecule has 3 rings (SSSR count). The first-order valence-corrected chi connectivity index (χ1v) is 10.1. The van der Waals surface area contributed by atoms with E-state index in [-0.39, 0.29) is 5.60 Å². The van der Waals surface area contributed by atoms with Crippen LogP contribution in [0, 0.1) is 11.8 Å². The Labute approximate surface area is 153 Å². The number of hydrogen-bond acceptors (Lipinski definition) is 3. The highest BCUT2D eigenvalue weighted by atomic mass is 16.5. The first-order chi connectivity index (χ1) is 12.1. The molecule has 0 spiro atoms. The molecule has 1 aliphatic carbocycles. The summed E-state index contributed by atoms with van der Waals surface area (Å²) in [6, 6.07) is 8.47. The van der Waals surface area contributed by atoms with Crippen molar-refractivity contribution in [2.75, 3.05) is 33.4 Å². The molecule has 25 heavy (non-hydrogen) atoms. The molecule has 2 aliphatic rings. The highest BCUT2D eigenvalue weighted by Crippen LogP contribution is 2.48. The quantitative estimate of drug-likeness (QED) is 0.736. The van der Waals surface area contributed by atoms with Gasteiger partial charge in [-0.2, -0.15) is 0 Å². The second-order valence-corrected chi connectivity index (χ2v) is 8.30. The van der Waals surface area contributed by atoms with E-state index in [4.69, 9.17) is 9.47 Å². The van der Waals surface area contributed by atoms with Gasteiger partial charge in [0, 0.05) is 12.1 Å². The maximum Gasteiger partial charge on any atom is 0.124 e. The maximum absolute atomic E-state index is 6.72. The van der Waals surface area contributed by atoms with Crippen molar-refractivity contribution in [1.82, 2.24) is 4.90 Å². The third kappa shape index (κ3) is 4.57. The topological polar surface area (TPSA) is 21.7 Å². The van der Waals surface area contributed by atoms with E-state index in [0.29, 0.717) is 11.8 Å². The molecule has 2 atom stereocenters. The Morgan fingerprint density at radius 3 is 2.40 bits per heavy atom. The summed E-state index contributed by atoms with van der Waals surface area (Å²) in [5.74, 6) is 2.34. The zero-order valence-corrected chi connectivity index (χ0v) is 16.3. The number of benzene rings is 1. The number of para-hydroxylation sites is 1. The Kier molecular flexibility index (Phi) is 6.40. The van der Waals surface area contributed by atoms with Crippen LogP contribution in [-0.4, -0.2) is 38.3 Å². The number of rotatable bonds is 6. The molecule has 1 saturated heterocycles. The van der Waals surface area contributed by atoms with Crippen molar-refractivity contribution in [2.45, 2.75) is 58.0 Å². The fourth-order valence-corrected chi connectivity index (χ4v) is 5.05. The second kappa shape index (κ2) is 8.55. The molecule has 2 unspecified atom stereocenters. The van der Waals surface area contributed by atoms with Crippen molar-refractivity contribution in [2.24, 2.45) is 11.8 Å². The summed E-state index contributed by atoms with van der Waals surface area (Å²) in [6.07, 6.45) is 7.55. The van der Waals surface area contributed by atoms with Crippen LogP contribution in [-0.2, 0) is 10.3 Å². The van der Waals surface area contributed by atoms with Crippen LogP contribution in [0.4, 0.5) is 0 Å². The molecule has 3 heteroatoms. The Bertz CT molecular complexity index is 529. The number of hydrogen-bond donors (Lipinski definition) is 0. The maximum atomic E-state index is 6.72. The minimum absolute atomic E-state index is 0.195. The fraction of sp³-hybridized carbons (Fsp3) is 0.727. The first kappa shape index (κ1) is 18.7. The van der Waals surface area contributed by atoms with Gasteiger partial charge in [0.2, 0.25) is 0 Å². The predicted molar refractivity (Wildman–Crippen MR) is 103 cm³/mol. The molecule has 1 aliphatic heterocycles. The van der Waals surface area contributed by atoms with Crippen LogP contribution >= 0.6 is 0 Å². The van der Waals surface area contributed by atoms with Crippen LogP contribution in [0.3, 0.4) is 0 Å². The Hall–Kier alpha value is -1.06. The average molecular weight is 346 g/mol. The van der Waals surface area contributed by atoms with Gasteiger partial charge in [0.25, 0.3) is 0 Å². The third-order valence-corrected chi connectivity index (χ3v) is 5.99. The van der Waals surface area contributed by atoms with E-state index in [9.17, 15) is 0 Å². The van der Waals surface area contributed by atoms with Crippen molar-refractivity contribution in [3.8, 4) is 5.75 Å². The van der Waals surface area contributed by atoms with E-state index in [0.717, 1.165) is 31.7 Å². The molecule has 140 valence electrons. The van der Waals surface area contributed by atoms with Gasteiger partial charge < -0.3 is 14.4 Å². The first-order valence-electron chi connectivity index (χ1n) is 10.1. The molecule has 3 nitrogen and oxygen atoms in total. The lowest BCUT2D eigenvalue weighted by Crippen LogP contribution is -2.41. The molecular formula is C22H35NO2. The van der Waals surface area contributed by atoms with E-state index in [1.807, 2.05) is 0 Å². The van der Waals surface area contributed by atoms with Crippen LogP contribution < -0.4 is 4.74 Å². The van der Waals surface area contributed by atoms with Gasteiger partial charge in [-0.25, -0.2) is 0 Å². The zero-order chi connectivity index (χ0) is 17.7. The highest BCUT2D eigenvalue weighted by molar-refractivity contribution is 5.38. The highest BCUT2D eigenvalue weighted by Gasteiger charge is 2.42. The van der Waals surface area contributed by atoms with E-state index in [1.54, 1.807) is 7.11 Å². The lowest BCUT2D eigenvalue weighted by Gasteiger charge is -2.44. The summed E-state index contributed by atoms with van der Waals surface area (Å²) in [7, 11) is 1.77. The number of piperidine rings is 1. The minimum atomic E-state index is -0.195. The standard InChI is InChI=1S/C22H35NO2/c1-18-15-19(2)17-22(16-18,20-9-5-6-10-21(20)24-3)25-14-13-23-11-7-4-8-12-23/h5-6,9-10,18-19H,4,7-8,11-17H2,1-3H3. The van der Waals surface area contributed by atoms with Crippen molar-refractivity contribution in [3.05, 3.63) is 29.8 Å². The minimum Gasteiger partial charge on any atom is -0.496 e. The van der Waals surface area contributed by atoms with Gasteiger partial charge in [0.15, 0.2) is 0 Å². The van der Waals surface area contributed by atoms with E-state index < -0.39 is 0 Å². The Morgan fingerprint density at radius 1 is 1.04 bits per heavy atom. The van der Waals surface area contributed by atoms with Gasteiger partial charge in [-0.1, -0.05) is 38.5 Å². The van der Waals surface area contributed by atoms with Crippen molar-refractivity contribution >= 4 is 0 Å². The van der Waals surface area contributed by atoms with E-state index in [1.165, 1.54) is 44.3 Å². The number of nitrogens with zero attached hydrogens (tertiary/aromatic N) is 1. The van der Waals surface area contributed by atoms with Crippen LogP contribution in [0.15, 0.2) is 24.3 Å². The van der Waals surface area contributed by atoms with Gasteiger partial charge in [0.1, 0.15) is 5.75 Å². The molecule has 0 bridgehead atoms. The van der Waals surface area contributed by atoms with Gasteiger partial charge in [-0.15, -0.1) is 0 Å². The molecular weight excluding hydrogens is 310 g/mol. The smallest absolute Gasteiger partial charge is 0.124 e. The second-order valence-electron chi connectivity index (χ2n) is 8.30. The Morgan fingerprint density at radius 2 is 1.72 bits per heavy atom. The molecule has 1 aromatic rings. The van der Waals surface area contributed by atoms with Gasteiger partial charge in [-0.05, 0) is 63.1 Å². The summed E-state index contributed by atoms with van der Waals surface area (Å²) in [5.41, 5.74) is 1.05. The van der Waals surface area contributed by atoms with Crippen molar-refractivity contribution in [1.29, 1.82) is 0 Å². The summed E-state index contributed by atoms with van der Waals surface area (Å²) in [6.45, 7) is 9.08. The molecule has 1 heterocycles. The normalized spacial score (nSPS) is 31.0. The zero-order valence-electron chi connectivity index (χ0n) is 16.3. The SMILES string of the molecule is COc1ccccc1C1(OCCN2CCCCC2)CC(C)CC(C)C1. The molecule has 0 radical (unpaired) electrons. The number of methoxy groups -OCH3 is 1. The molecule has 0 amide bonds. The van der Waals surface area contributed by atoms with Crippen LogP contribution in [0.2, 0.25) is 0 Å². The largest absolute Gasteiger partial charge is 0.496 e. The van der Waals surface area contributed by atoms with Gasteiger partial charge in [-0.3, -0.25) is 0 Å². The lowest BCUT2D eigenvalue weighted by atomic mass is 9.70. The predicted octanol–water partition coefficient (Wildman–Crippen LogP) is 4.85. The summed E-state index contributed by atoms with van der Waals surface area (Å²) in [4.78, 5) is 2.56. The molecule has 2 fully saturated rings. The van der Waals surface area contributed by atoms with Gasteiger partial charge >= 0.3 is 0 Å². The molecule has 0 N–H and O–H groups in total. The van der Waals surface area contributed by atoms with Crippen molar-refractivity contribution < 1.29 is 9.47 Å². The Balaban J connectivity index is 1.77. The lowest BCUT2D eigenvalue weighted by molar-refractivity contribution is -0.105. The van der Waals surface area contributed by atoms with Crippen LogP contribution in [0.5, 0.6) is 5.75 Å². The molecule has 1 aromatic carbocycles. The number of ether oxygens (including phenoxy) is 2. The third-order valence-electron chi connectivity index (χ3n) is 5.99. The molecule has 1 saturated carbocycles. The summed E-state index contributed by atoms with van der Waals surface area (Å²) >= 11 is 0. The summed E-state index contributed by atoms with van der Waals surface area (Å²) in [5, 5.41) is 0. The van der Waals surface area contributed by atoms with E-state index in [2.05, 4.69) is 43.0 Å². The van der Waals surface area contributed by atoms with Crippen LogP contribution in [0.25, 0.3) is 0 Å². The fourth-order valence-electron chi connectivity index (χ4n) is 5.05. The van der Waals surface area contributed by atoms with Crippen LogP contribution in [0.1, 0.15) is 57.9 Å². The monoisotopic (exact) mass is 345 g/mol. The van der Waals surface area contributed by atoms with Gasteiger partial charge in [0.05, 0.1) is 19.3 Å². The average Bonchev–Trinajstić information content (AvgIpc) is 2.62. The van der Waals surface area contributed by atoms with Crippen molar-refractivity contribution in [3.63, 3.8) is 0 Å². The molecule has 0 aromatic heterocycles.